The Morgan fingerprint density at radius 1 is 1.38 bits per heavy atom. The Bertz CT molecular complexity index is 372. The van der Waals surface area contributed by atoms with Gasteiger partial charge in [0, 0.05) is 11.6 Å². The van der Waals surface area contributed by atoms with Gasteiger partial charge in [0.05, 0.1) is 0 Å². The molecule has 0 unspecified atom stereocenters. The SMILES string of the molecule is NCCc1ccccc1C(=O)NC1CCC1. The van der Waals surface area contributed by atoms with E-state index in [1.54, 1.807) is 0 Å². The maximum atomic E-state index is 12.0. The van der Waals surface area contributed by atoms with Crippen molar-refractivity contribution < 1.29 is 4.79 Å². The Morgan fingerprint density at radius 2 is 2.12 bits per heavy atom. The van der Waals surface area contributed by atoms with E-state index in [2.05, 4.69) is 5.32 Å². The monoisotopic (exact) mass is 218 g/mol. The summed E-state index contributed by atoms with van der Waals surface area (Å²) in [7, 11) is 0. The zero-order chi connectivity index (χ0) is 11.4. The van der Waals surface area contributed by atoms with Crippen molar-refractivity contribution in [2.24, 2.45) is 5.73 Å². The molecule has 0 heterocycles. The number of carbonyl (C=O) groups is 1. The predicted molar refractivity (Wildman–Crippen MR) is 64.3 cm³/mol. The molecule has 1 aliphatic carbocycles. The van der Waals surface area contributed by atoms with Crippen LogP contribution in [-0.2, 0) is 6.42 Å². The first-order chi connectivity index (χ1) is 7.81. The summed E-state index contributed by atoms with van der Waals surface area (Å²) in [5.74, 6) is 0.0498. The van der Waals surface area contributed by atoms with Crippen molar-refractivity contribution in [3.8, 4) is 0 Å². The molecule has 16 heavy (non-hydrogen) atoms. The van der Waals surface area contributed by atoms with Gasteiger partial charge in [-0.3, -0.25) is 4.79 Å². The molecule has 0 bridgehead atoms. The van der Waals surface area contributed by atoms with E-state index in [-0.39, 0.29) is 5.91 Å². The summed E-state index contributed by atoms with van der Waals surface area (Å²) in [6, 6.07) is 8.08. The number of rotatable bonds is 4. The minimum Gasteiger partial charge on any atom is -0.349 e. The Kier molecular flexibility index (Phi) is 3.57. The van der Waals surface area contributed by atoms with Crippen molar-refractivity contribution in [1.82, 2.24) is 5.32 Å². The Balaban J connectivity index is 2.08. The molecule has 3 N–H and O–H groups in total. The molecule has 1 aromatic carbocycles. The summed E-state index contributed by atoms with van der Waals surface area (Å²) in [6.45, 7) is 0.577. The molecular weight excluding hydrogens is 200 g/mol. The number of amides is 1. The fourth-order valence-corrected chi connectivity index (χ4v) is 1.93. The second kappa shape index (κ2) is 5.12. The van der Waals surface area contributed by atoms with Crippen LogP contribution in [-0.4, -0.2) is 18.5 Å². The van der Waals surface area contributed by atoms with E-state index in [0.717, 1.165) is 30.4 Å². The summed E-state index contributed by atoms with van der Waals surface area (Å²) >= 11 is 0. The topological polar surface area (TPSA) is 55.1 Å². The van der Waals surface area contributed by atoms with Gasteiger partial charge in [0.15, 0.2) is 0 Å². The van der Waals surface area contributed by atoms with Gasteiger partial charge in [-0.1, -0.05) is 18.2 Å². The average Bonchev–Trinajstić information content (AvgIpc) is 2.24. The fraction of sp³-hybridized carbons (Fsp3) is 0.462. The second-order valence-corrected chi connectivity index (χ2v) is 4.30. The molecule has 0 saturated heterocycles. The maximum Gasteiger partial charge on any atom is 0.251 e. The zero-order valence-corrected chi connectivity index (χ0v) is 9.41. The van der Waals surface area contributed by atoms with Gasteiger partial charge in [-0.25, -0.2) is 0 Å². The Morgan fingerprint density at radius 3 is 2.75 bits per heavy atom. The first-order valence-corrected chi connectivity index (χ1v) is 5.90. The van der Waals surface area contributed by atoms with Gasteiger partial charge in [-0.2, -0.15) is 0 Å². The van der Waals surface area contributed by atoms with Gasteiger partial charge in [0.2, 0.25) is 0 Å². The van der Waals surface area contributed by atoms with Crippen molar-refractivity contribution in [1.29, 1.82) is 0 Å². The fourth-order valence-electron chi connectivity index (χ4n) is 1.93. The molecule has 0 aliphatic heterocycles. The highest BCUT2D eigenvalue weighted by Gasteiger charge is 2.20. The highest BCUT2D eigenvalue weighted by molar-refractivity contribution is 5.95. The van der Waals surface area contributed by atoms with E-state index in [1.807, 2.05) is 24.3 Å². The minimum atomic E-state index is 0.0498. The molecule has 3 heteroatoms. The lowest BCUT2D eigenvalue weighted by Crippen LogP contribution is -2.39. The minimum absolute atomic E-state index is 0.0498. The smallest absolute Gasteiger partial charge is 0.251 e. The van der Waals surface area contributed by atoms with Crippen LogP contribution in [0.4, 0.5) is 0 Å². The third-order valence-electron chi connectivity index (χ3n) is 3.12. The van der Waals surface area contributed by atoms with Crippen LogP contribution >= 0.6 is 0 Å². The zero-order valence-electron chi connectivity index (χ0n) is 9.41. The van der Waals surface area contributed by atoms with Gasteiger partial charge >= 0.3 is 0 Å². The lowest BCUT2D eigenvalue weighted by molar-refractivity contribution is 0.0916. The molecule has 1 amide bonds. The van der Waals surface area contributed by atoms with E-state index in [4.69, 9.17) is 5.73 Å². The molecule has 0 spiro atoms. The van der Waals surface area contributed by atoms with E-state index >= 15 is 0 Å². The van der Waals surface area contributed by atoms with E-state index in [0.29, 0.717) is 12.6 Å². The van der Waals surface area contributed by atoms with Crippen LogP contribution in [0.25, 0.3) is 0 Å². The molecule has 1 aromatic rings. The number of nitrogens with one attached hydrogen (secondary N) is 1. The third-order valence-corrected chi connectivity index (χ3v) is 3.12. The molecule has 3 nitrogen and oxygen atoms in total. The molecule has 86 valence electrons. The van der Waals surface area contributed by atoms with Crippen LogP contribution < -0.4 is 11.1 Å². The normalized spacial score (nSPS) is 15.6. The highest BCUT2D eigenvalue weighted by Crippen LogP contribution is 2.19. The molecule has 2 rings (SSSR count). The second-order valence-electron chi connectivity index (χ2n) is 4.30. The van der Waals surface area contributed by atoms with Crippen molar-refractivity contribution in [3.63, 3.8) is 0 Å². The van der Waals surface area contributed by atoms with E-state index in [9.17, 15) is 4.79 Å². The van der Waals surface area contributed by atoms with Crippen LogP contribution in [0.2, 0.25) is 0 Å². The number of benzene rings is 1. The highest BCUT2D eigenvalue weighted by atomic mass is 16.1. The lowest BCUT2D eigenvalue weighted by atomic mass is 9.92. The van der Waals surface area contributed by atoms with Gasteiger partial charge in [0.25, 0.3) is 5.91 Å². The molecule has 1 fully saturated rings. The molecule has 0 aromatic heterocycles. The van der Waals surface area contributed by atoms with Gasteiger partial charge in [0.1, 0.15) is 0 Å². The molecular formula is C13H18N2O. The third kappa shape index (κ3) is 2.42. The van der Waals surface area contributed by atoms with Crippen LogP contribution in [0.1, 0.15) is 35.2 Å². The number of carbonyl (C=O) groups excluding carboxylic acids is 1. The summed E-state index contributed by atoms with van der Waals surface area (Å²) < 4.78 is 0. The molecule has 0 radical (unpaired) electrons. The number of hydrogen-bond acceptors (Lipinski definition) is 2. The molecule has 1 aliphatic rings. The summed E-state index contributed by atoms with van der Waals surface area (Å²) in [6.07, 6.45) is 4.22. The van der Waals surface area contributed by atoms with Gasteiger partial charge in [-0.15, -0.1) is 0 Å². The maximum absolute atomic E-state index is 12.0. The summed E-state index contributed by atoms with van der Waals surface area (Å²) in [5, 5.41) is 3.05. The van der Waals surface area contributed by atoms with Crippen LogP contribution in [0.15, 0.2) is 24.3 Å². The Labute approximate surface area is 96.0 Å². The first kappa shape index (κ1) is 11.1. The quantitative estimate of drug-likeness (QED) is 0.804. The first-order valence-electron chi connectivity index (χ1n) is 5.90. The van der Waals surface area contributed by atoms with Crippen molar-refractivity contribution in [2.75, 3.05) is 6.54 Å². The van der Waals surface area contributed by atoms with Crippen LogP contribution in [0.5, 0.6) is 0 Å². The van der Waals surface area contributed by atoms with Gasteiger partial charge in [-0.05, 0) is 43.9 Å². The van der Waals surface area contributed by atoms with Crippen LogP contribution in [0, 0.1) is 0 Å². The van der Waals surface area contributed by atoms with E-state index in [1.165, 1.54) is 6.42 Å². The molecule has 0 atom stereocenters. The predicted octanol–water partition coefficient (Wildman–Crippen LogP) is 1.47. The summed E-state index contributed by atoms with van der Waals surface area (Å²) in [4.78, 5) is 12.0. The summed E-state index contributed by atoms with van der Waals surface area (Å²) in [5.41, 5.74) is 7.36. The standard InChI is InChI=1S/C13H18N2O/c14-9-8-10-4-1-2-7-12(10)13(16)15-11-5-3-6-11/h1-2,4,7,11H,3,5-6,8-9,14H2,(H,15,16). The largest absolute Gasteiger partial charge is 0.349 e. The molecule has 1 saturated carbocycles. The van der Waals surface area contributed by atoms with Gasteiger partial charge < -0.3 is 11.1 Å². The van der Waals surface area contributed by atoms with E-state index < -0.39 is 0 Å². The average molecular weight is 218 g/mol. The van der Waals surface area contributed by atoms with Crippen molar-refractivity contribution in [3.05, 3.63) is 35.4 Å². The number of nitrogens with two attached hydrogens (primary N) is 1. The Hall–Kier alpha value is -1.35. The van der Waals surface area contributed by atoms with Crippen LogP contribution in [0.3, 0.4) is 0 Å². The van der Waals surface area contributed by atoms with Crippen molar-refractivity contribution >= 4 is 5.91 Å². The number of hydrogen-bond donors (Lipinski definition) is 2. The van der Waals surface area contributed by atoms with Crippen molar-refractivity contribution in [2.45, 2.75) is 31.7 Å². The lowest BCUT2D eigenvalue weighted by Gasteiger charge is -2.26.